The van der Waals surface area contributed by atoms with Crippen LogP contribution < -0.4 is 5.32 Å². The molecule has 2 rings (SSSR count). The molecule has 1 heterocycles. The molecule has 5 nitrogen and oxygen atoms in total. The molecule has 1 unspecified atom stereocenters. The molecule has 2 amide bonds. The number of hydrogen-bond acceptors (Lipinski definition) is 3. The van der Waals surface area contributed by atoms with Crippen molar-refractivity contribution >= 4 is 11.8 Å². The highest BCUT2D eigenvalue weighted by atomic mass is 16.2. The Hall–Kier alpha value is -2.35. The van der Waals surface area contributed by atoms with Gasteiger partial charge in [0.25, 0.3) is 0 Å². The fourth-order valence-electron chi connectivity index (χ4n) is 2.09. The molecule has 0 radical (unpaired) electrons. The maximum atomic E-state index is 12.4. The molecule has 19 heavy (non-hydrogen) atoms. The summed E-state index contributed by atoms with van der Waals surface area (Å²) in [6, 6.07) is 11.0. The number of nitrogens with zero attached hydrogens (tertiary/aromatic N) is 2. The summed E-state index contributed by atoms with van der Waals surface area (Å²) in [5.41, 5.74) is 0.666. The molecule has 1 saturated heterocycles. The first-order chi connectivity index (χ1) is 9.22. The average Bonchev–Trinajstić information content (AvgIpc) is 2.65. The number of hydrogen-bond donors (Lipinski definition) is 1. The minimum absolute atomic E-state index is 0.0316. The average molecular weight is 257 g/mol. The van der Waals surface area contributed by atoms with Crippen LogP contribution in [0.3, 0.4) is 0 Å². The van der Waals surface area contributed by atoms with Crippen LogP contribution in [0.5, 0.6) is 0 Å². The molecule has 5 heteroatoms. The van der Waals surface area contributed by atoms with Crippen LogP contribution in [0.15, 0.2) is 30.3 Å². The SMILES string of the molecule is N#CC(C(=O)N1CCCNC(=O)C1)c1ccccc1. The molecule has 1 aliphatic heterocycles. The van der Waals surface area contributed by atoms with E-state index in [1.165, 1.54) is 4.90 Å². The van der Waals surface area contributed by atoms with E-state index < -0.39 is 5.92 Å². The first-order valence-electron chi connectivity index (χ1n) is 6.22. The first kappa shape index (κ1) is 13.1. The Kier molecular flexibility index (Phi) is 4.14. The van der Waals surface area contributed by atoms with Gasteiger partial charge in [-0.2, -0.15) is 5.26 Å². The van der Waals surface area contributed by atoms with Crippen LogP contribution in [0.2, 0.25) is 0 Å². The van der Waals surface area contributed by atoms with Gasteiger partial charge in [-0.3, -0.25) is 9.59 Å². The van der Waals surface area contributed by atoms with Crippen molar-refractivity contribution in [2.24, 2.45) is 0 Å². The number of amides is 2. The van der Waals surface area contributed by atoms with Crippen LogP contribution in [0.1, 0.15) is 17.9 Å². The zero-order valence-corrected chi connectivity index (χ0v) is 10.5. The number of nitrogens with one attached hydrogen (secondary N) is 1. The molecule has 1 atom stereocenters. The van der Waals surface area contributed by atoms with Gasteiger partial charge in [0.1, 0.15) is 5.92 Å². The summed E-state index contributed by atoms with van der Waals surface area (Å²) in [7, 11) is 0. The number of nitriles is 1. The normalized spacial score (nSPS) is 17.0. The molecule has 0 spiro atoms. The van der Waals surface area contributed by atoms with Gasteiger partial charge in [0.05, 0.1) is 12.6 Å². The Morgan fingerprint density at radius 3 is 2.79 bits per heavy atom. The molecule has 1 fully saturated rings. The van der Waals surface area contributed by atoms with Crippen molar-refractivity contribution in [2.75, 3.05) is 19.6 Å². The predicted molar refractivity (Wildman–Crippen MR) is 69.0 cm³/mol. The summed E-state index contributed by atoms with van der Waals surface area (Å²) >= 11 is 0. The van der Waals surface area contributed by atoms with E-state index in [-0.39, 0.29) is 18.4 Å². The van der Waals surface area contributed by atoms with Crippen molar-refractivity contribution in [2.45, 2.75) is 12.3 Å². The molecule has 1 aromatic carbocycles. The van der Waals surface area contributed by atoms with Crippen molar-refractivity contribution in [1.29, 1.82) is 5.26 Å². The van der Waals surface area contributed by atoms with E-state index in [0.29, 0.717) is 25.1 Å². The number of carbonyl (C=O) groups is 2. The van der Waals surface area contributed by atoms with E-state index in [2.05, 4.69) is 5.32 Å². The first-order valence-corrected chi connectivity index (χ1v) is 6.22. The van der Waals surface area contributed by atoms with Gasteiger partial charge < -0.3 is 10.2 Å². The van der Waals surface area contributed by atoms with Crippen LogP contribution in [0.25, 0.3) is 0 Å². The molecular formula is C14H15N3O2. The lowest BCUT2D eigenvalue weighted by molar-refractivity contribution is -0.135. The summed E-state index contributed by atoms with van der Waals surface area (Å²) in [5, 5.41) is 11.9. The van der Waals surface area contributed by atoms with E-state index in [1.807, 2.05) is 12.1 Å². The molecule has 1 aliphatic rings. The Labute approximate surface area is 111 Å². The van der Waals surface area contributed by atoms with Gasteiger partial charge in [-0.25, -0.2) is 0 Å². The predicted octanol–water partition coefficient (Wildman–Crippen LogP) is 0.642. The fourth-order valence-corrected chi connectivity index (χ4v) is 2.09. The van der Waals surface area contributed by atoms with E-state index in [4.69, 9.17) is 0 Å². The quantitative estimate of drug-likeness (QED) is 0.845. The Morgan fingerprint density at radius 1 is 1.37 bits per heavy atom. The van der Waals surface area contributed by atoms with Gasteiger partial charge in [-0.1, -0.05) is 30.3 Å². The topological polar surface area (TPSA) is 73.2 Å². The molecule has 1 N–H and O–H groups in total. The maximum Gasteiger partial charge on any atom is 0.244 e. The van der Waals surface area contributed by atoms with E-state index in [0.717, 1.165) is 0 Å². The standard InChI is InChI=1S/C14H15N3O2/c15-9-12(11-5-2-1-3-6-11)14(19)17-8-4-7-16-13(18)10-17/h1-3,5-6,12H,4,7-8,10H2,(H,16,18). The van der Waals surface area contributed by atoms with Gasteiger partial charge in [0.2, 0.25) is 11.8 Å². The zero-order valence-electron chi connectivity index (χ0n) is 10.5. The third kappa shape index (κ3) is 3.10. The van der Waals surface area contributed by atoms with Gasteiger partial charge >= 0.3 is 0 Å². The van der Waals surface area contributed by atoms with Crippen LogP contribution in [0, 0.1) is 11.3 Å². The molecular weight excluding hydrogens is 242 g/mol. The molecule has 1 aromatic rings. The van der Waals surface area contributed by atoms with E-state index in [1.54, 1.807) is 24.3 Å². The molecule has 98 valence electrons. The lowest BCUT2D eigenvalue weighted by atomic mass is 9.99. The van der Waals surface area contributed by atoms with Gasteiger partial charge in [-0.05, 0) is 12.0 Å². The van der Waals surface area contributed by atoms with Crippen LogP contribution in [0.4, 0.5) is 0 Å². The summed E-state index contributed by atoms with van der Waals surface area (Å²) in [4.78, 5) is 25.3. The van der Waals surface area contributed by atoms with Gasteiger partial charge in [0, 0.05) is 13.1 Å². The summed E-state index contributed by atoms with van der Waals surface area (Å²) in [5.74, 6) is -1.31. The van der Waals surface area contributed by atoms with Crippen molar-refractivity contribution in [3.63, 3.8) is 0 Å². The lowest BCUT2D eigenvalue weighted by Gasteiger charge is -2.21. The third-order valence-corrected chi connectivity index (χ3v) is 3.08. The largest absolute Gasteiger partial charge is 0.354 e. The molecule has 0 aromatic heterocycles. The second-order valence-electron chi connectivity index (χ2n) is 4.44. The second-order valence-corrected chi connectivity index (χ2v) is 4.44. The monoisotopic (exact) mass is 257 g/mol. The zero-order chi connectivity index (χ0) is 13.7. The third-order valence-electron chi connectivity index (χ3n) is 3.08. The summed E-state index contributed by atoms with van der Waals surface area (Å²) < 4.78 is 0. The number of carbonyl (C=O) groups excluding carboxylic acids is 2. The van der Waals surface area contributed by atoms with Crippen LogP contribution in [-0.2, 0) is 9.59 Å². The van der Waals surface area contributed by atoms with Gasteiger partial charge in [-0.15, -0.1) is 0 Å². The van der Waals surface area contributed by atoms with Gasteiger partial charge in [0.15, 0.2) is 0 Å². The number of benzene rings is 1. The minimum Gasteiger partial charge on any atom is -0.354 e. The van der Waals surface area contributed by atoms with Crippen molar-refractivity contribution < 1.29 is 9.59 Å². The highest BCUT2D eigenvalue weighted by Gasteiger charge is 2.27. The molecule has 0 aliphatic carbocycles. The molecule has 0 bridgehead atoms. The summed E-state index contributed by atoms with van der Waals surface area (Å²) in [6.45, 7) is 1.11. The summed E-state index contributed by atoms with van der Waals surface area (Å²) in [6.07, 6.45) is 0.713. The fraction of sp³-hybridized carbons (Fsp3) is 0.357. The molecule has 0 saturated carbocycles. The Bertz CT molecular complexity index is 507. The lowest BCUT2D eigenvalue weighted by Crippen LogP contribution is -2.39. The second kappa shape index (κ2) is 6.01. The Morgan fingerprint density at radius 2 is 2.11 bits per heavy atom. The highest BCUT2D eigenvalue weighted by Crippen LogP contribution is 2.18. The van der Waals surface area contributed by atoms with E-state index >= 15 is 0 Å². The van der Waals surface area contributed by atoms with Crippen molar-refractivity contribution in [1.82, 2.24) is 10.2 Å². The number of rotatable bonds is 2. The van der Waals surface area contributed by atoms with Crippen LogP contribution in [-0.4, -0.2) is 36.3 Å². The minimum atomic E-state index is -0.841. The van der Waals surface area contributed by atoms with Crippen molar-refractivity contribution in [3.8, 4) is 6.07 Å². The van der Waals surface area contributed by atoms with Crippen LogP contribution >= 0.6 is 0 Å². The maximum absolute atomic E-state index is 12.4. The highest BCUT2D eigenvalue weighted by molar-refractivity contribution is 5.90. The van der Waals surface area contributed by atoms with E-state index in [9.17, 15) is 14.9 Å². The Balaban J connectivity index is 2.17. The van der Waals surface area contributed by atoms with Crippen molar-refractivity contribution in [3.05, 3.63) is 35.9 Å². The smallest absolute Gasteiger partial charge is 0.244 e.